The van der Waals surface area contributed by atoms with Crippen LogP contribution in [0.1, 0.15) is 94.6 Å². The fraction of sp³-hybridized carbons (Fsp3) is 0.513. The zero-order valence-corrected chi connectivity index (χ0v) is 30.1. The minimum absolute atomic E-state index is 0.0281. The number of methoxy groups -OCH3 is 1. The number of Topliss-reactive ketones (excluding diaryl/α,β-unsaturated/α-hetero) is 1. The van der Waals surface area contributed by atoms with Crippen molar-refractivity contribution >= 4 is 39.2 Å². The topological polar surface area (TPSA) is 119 Å². The molecular weight excluding hydrogens is 653 g/mol. The number of rotatable bonds is 4. The Balaban J connectivity index is 1.41. The molecule has 1 spiro atoms. The lowest BCUT2D eigenvalue weighted by Crippen LogP contribution is -2.50. The zero-order chi connectivity index (χ0) is 34.2. The molecule has 2 aromatic rings. The quantitative estimate of drug-likeness (QED) is 0.169. The van der Waals surface area contributed by atoms with E-state index in [4.69, 9.17) is 10.5 Å². The Kier molecular flexibility index (Phi) is 9.92. The average Bonchev–Trinajstić information content (AvgIpc) is 3.88. The maximum absolute atomic E-state index is 13.1. The number of phenols is 1. The maximum Gasteiger partial charge on any atom is 0.163 e. The molecule has 0 amide bonds. The summed E-state index contributed by atoms with van der Waals surface area (Å²) in [5.74, 6) is 0.0963. The summed E-state index contributed by atoms with van der Waals surface area (Å²) < 4.78 is 7.89. The van der Waals surface area contributed by atoms with Crippen LogP contribution in [0, 0.1) is 11.3 Å². The Hall–Kier alpha value is -3.21. The van der Waals surface area contributed by atoms with E-state index in [0.717, 1.165) is 48.0 Å². The molecule has 1 aromatic heterocycles. The van der Waals surface area contributed by atoms with Crippen molar-refractivity contribution in [3.8, 4) is 11.5 Å². The molecule has 49 heavy (non-hydrogen) atoms. The van der Waals surface area contributed by atoms with Crippen LogP contribution in [0.15, 0.2) is 72.5 Å². The smallest absolute Gasteiger partial charge is 0.163 e. The number of ether oxygens (including phenoxy) is 1. The molecule has 260 valence electrons. The van der Waals surface area contributed by atoms with Crippen molar-refractivity contribution in [2.75, 3.05) is 7.11 Å². The summed E-state index contributed by atoms with van der Waals surface area (Å²) in [5.41, 5.74) is 11.0. The number of fused-ring (bicyclic) bond motifs is 6. The highest BCUT2D eigenvalue weighted by atomic mass is 33.1. The second-order valence-electron chi connectivity index (χ2n) is 14.7. The van der Waals surface area contributed by atoms with Crippen molar-refractivity contribution in [3.05, 3.63) is 83.6 Å². The number of aromatic nitrogens is 2. The van der Waals surface area contributed by atoms with E-state index in [2.05, 4.69) is 46.2 Å². The van der Waals surface area contributed by atoms with Gasteiger partial charge in [0.2, 0.25) is 0 Å². The molecule has 5 aliphatic rings. The molecule has 7 rings (SSSR count). The maximum atomic E-state index is 13.1. The molecule has 6 unspecified atom stereocenters. The third-order valence-electron chi connectivity index (χ3n) is 11.8. The van der Waals surface area contributed by atoms with Crippen molar-refractivity contribution in [3.63, 3.8) is 0 Å². The molecular formula is C39H48N4O4S2. The Morgan fingerprint density at radius 2 is 1.96 bits per heavy atom. The van der Waals surface area contributed by atoms with Gasteiger partial charge < -0.3 is 25.5 Å². The highest BCUT2D eigenvalue weighted by molar-refractivity contribution is 8.77. The van der Waals surface area contributed by atoms with Crippen LogP contribution >= 0.6 is 21.6 Å². The van der Waals surface area contributed by atoms with E-state index in [1.807, 2.05) is 40.3 Å². The molecule has 1 aromatic carbocycles. The monoisotopic (exact) mass is 700 g/mol. The zero-order valence-electron chi connectivity index (χ0n) is 28.5. The van der Waals surface area contributed by atoms with Gasteiger partial charge in [-0.25, -0.2) is 4.98 Å². The Morgan fingerprint density at radius 3 is 2.71 bits per heavy atom. The van der Waals surface area contributed by atoms with Gasteiger partial charge in [-0.2, -0.15) is 0 Å². The Bertz CT molecular complexity index is 1690. The lowest BCUT2D eigenvalue weighted by Gasteiger charge is -2.44. The molecule has 2 fully saturated rings. The predicted octanol–water partition coefficient (Wildman–Crippen LogP) is 7.57. The normalized spacial score (nSPS) is 31.5. The summed E-state index contributed by atoms with van der Waals surface area (Å²) in [6.45, 7) is 2.20. The number of hydrogen-bond donors (Lipinski definition) is 3. The molecule has 4 N–H and O–H groups in total. The number of dihydropyridines is 1. The minimum atomic E-state index is -0.365. The largest absolute Gasteiger partial charge is 0.504 e. The molecule has 3 heterocycles. The van der Waals surface area contributed by atoms with Gasteiger partial charge in [0, 0.05) is 36.2 Å². The molecule has 4 bridgehead atoms. The van der Waals surface area contributed by atoms with Crippen molar-refractivity contribution < 1.29 is 19.4 Å². The van der Waals surface area contributed by atoms with Crippen LogP contribution < -0.4 is 15.8 Å². The Labute approximate surface area is 297 Å². The molecule has 0 saturated heterocycles. The lowest BCUT2D eigenvalue weighted by atomic mass is 9.78. The standard InChI is InChI=1S/C39H48N4O4S2/c1-3-25-6-8-28(44)20-29(45)9-7-26-19-34(47-2)33(46)21-31(26)30-10-11-35(25)48-49-36(32-18-27(30)22-42-37(32)40)39(43-17-16-41-24-43)15-14-38(23-39)12-4-5-13-38/h7,9-11,16-19,21-22,24-25,30,35-37,42,46H,3-6,8,12-15,20,23,40H2,1-2H3. The number of aromatic hydroxyl groups is 1. The number of carbonyl (C=O) groups is 2. The molecule has 8 nitrogen and oxygen atoms in total. The van der Waals surface area contributed by atoms with Gasteiger partial charge in [-0.15, -0.1) is 0 Å². The van der Waals surface area contributed by atoms with Crippen molar-refractivity contribution in [2.45, 2.75) is 106 Å². The Morgan fingerprint density at radius 1 is 1.12 bits per heavy atom. The van der Waals surface area contributed by atoms with Crippen LogP contribution in [-0.2, 0) is 15.1 Å². The van der Waals surface area contributed by atoms with E-state index in [-0.39, 0.29) is 57.8 Å². The van der Waals surface area contributed by atoms with Crippen LogP contribution in [0.2, 0.25) is 0 Å². The van der Waals surface area contributed by atoms with E-state index in [0.29, 0.717) is 17.6 Å². The van der Waals surface area contributed by atoms with Gasteiger partial charge in [-0.1, -0.05) is 72.1 Å². The third-order valence-corrected chi connectivity index (χ3v) is 15.2. The number of nitrogens with zero attached hydrogens (tertiary/aromatic N) is 2. The second-order valence-corrected chi connectivity index (χ2v) is 17.2. The average molecular weight is 701 g/mol. The first-order chi connectivity index (χ1) is 23.7. The molecule has 10 heteroatoms. The van der Waals surface area contributed by atoms with Crippen LogP contribution in [0.5, 0.6) is 11.5 Å². The fourth-order valence-corrected chi connectivity index (χ4v) is 13.1. The SMILES string of the molecule is CCC1CCC(=O)CC(=O)C=Cc2cc(OC)c(O)cc2C2C=CC1SSC(C1(n3ccnc3)CCC3(CCCC3)C1)C1=CC2=CNC1N. The summed E-state index contributed by atoms with van der Waals surface area (Å²) in [7, 11) is 5.36. The van der Waals surface area contributed by atoms with Gasteiger partial charge >= 0.3 is 0 Å². The lowest BCUT2D eigenvalue weighted by molar-refractivity contribution is -0.124. The van der Waals surface area contributed by atoms with Crippen molar-refractivity contribution in [2.24, 2.45) is 17.1 Å². The number of nitrogens with two attached hydrogens (primary N) is 1. The molecule has 2 saturated carbocycles. The highest BCUT2D eigenvalue weighted by Crippen LogP contribution is 2.62. The number of imidazole rings is 1. The van der Waals surface area contributed by atoms with Gasteiger partial charge in [0.15, 0.2) is 17.3 Å². The fourth-order valence-electron chi connectivity index (χ4n) is 9.09. The van der Waals surface area contributed by atoms with Gasteiger partial charge in [-0.05, 0) is 90.3 Å². The number of carbonyl (C=O) groups excluding carboxylic acids is 2. The second kappa shape index (κ2) is 14.2. The van der Waals surface area contributed by atoms with Gasteiger partial charge in [0.1, 0.15) is 5.78 Å². The van der Waals surface area contributed by atoms with E-state index >= 15 is 0 Å². The van der Waals surface area contributed by atoms with Crippen LogP contribution in [0.25, 0.3) is 6.08 Å². The van der Waals surface area contributed by atoms with Crippen molar-refractivity contribution in [1.29, 1.82) is 0 Å². The van der Waals surface area contributed by atoms with E-state index in [9.17, 15) is 14.7 Å². The van der Waals surface area contributed by atoms with E-state index in [1.54, 1.807) is 18.2 Å². The first-order valence-electron chi connectivity index (χ1n) is 17.8. The van der Waals surface area contributed by atoms with Gasteiger partial charge in [0.05, 0.1) is 36.8 Å². The first-order valence-corrected chi connectivity index (χ1v) is 20.1. The number of phenolic OH excluding ortho intramolecular Hbond substituents is 1. The van der Waals surface area contributed by atoms with Crippen molar-refractivity contribution in [1.82, 2.24) is 14.9 Å². The third kappa shape index (κ3) is 6.68. The molecule has 2 aliphatic heterocycles. The number of hydrogen-bond acceptors (Lipinski definition) is 9. The highest BCUT2D eigenvalue weighted by Gasteiger charge is 2.55. The van der Waals surface area contributed by atoms with Crippen LogP contribution in [0.4, 0.5) is 0 Å². The number of allylic oxidation sites excluding steroid dienone is 4. The van der Waals surface area contributed by atoms with Gasteiger partial charge in [-0.3, -0.25) is 9.59 Å². The summed E-state index contributed by atoms with van der Waals surface area (Å²) in [4.78, 5) is 30.6. The minimum Gasteiger partial charge on any atom is -0.504 e. The molecule has 6 atom stereocenters. The molecule has 0 radical (unpaired) electrons. The van der Waals surface area contributed by atoms with Crippen LogP contribution in [-0.4, -0.2) is 50.0 Å². The summed E-state index contributed by atoms with van der Waals surface area (Å²) in [6.07, 6.45) is 28.3. The number of ketones is 2. The summed E-state index contributed by atoms with van der Waals surface area (Å²) in [6, 6.07) is 3.53. The summed E-state index contributed by atoms with van der Waals surface area (Å²) in [5, 5.41) is 14.8. The van der Waals surface area contributed by atoms with E-state index in [1.165, 1.54) is 45.3 Å². The molecule has 3 aliphatic carbocycles. The first kappa shape index (κ1) is 34.2. The van der Waals surface area contributed by atoms with Crippen LogP contribution in [0.3, 0.4) is 0 Å². The number of nitrogens with one attached hydrogen (secondary N) is 1. The van der Waals surface area contributed by atoms with E-state index < -0.39 is 0 Å². The summed E-state index contributed by atoms with van der Waals surface area (Å²) >= 11 is 0. The predicted molar refractivity (Wildman–Crippen MR) is 198 cm³/mol. The van der Waals surface area contributed by atoms with Gasteiger partial charge in [0.25, 0.3) is 0 Å². The number of benzene rings is 1.